The van der Waals surface area contributed by atoms with Gasteiger partial charge in [-0.25, -0.2) is 0 Å². The minimum Gasteiger partial charge on any atom is -0.197 e. The van der Waals surface area contributed by atoms with Gasteiger partial charge in [0.2, 0.25) is 0 Å². The van der Waals surface area contributed by atoms with E-state index in [4.69, 9.17) is 0 Å². The highest BCUT2D eigenvalue weighted by molar-refractivity contribution is 5.68. The van der Waals surface area contributed by atoms with Crippen LogP contribution in [0.2, 0.25) is 0 Å². The zero-order valence-corrected chi connectivity index (χ0v) is 10.5. The molecule has 0 unspecified atom stereocenters. The SMILES string of the molecule is C=Cc1c(C(F)(F)C=C)cc2c(c1C)CCC=C2. The zero-order valence-electron chi connectivity index (χ0n) is 10.5. The van der Waals surface area contributed by atoms with E-state index in [1.165, 1.54) is 6.08 Å². The predicted octanol–water partition coefficient (Wildman–Crippen LogP) is 4.88. The summed E-state index contributed by atoms with van der Waals surface area (Å²) >= 11 is 0. The summed E-state index contributed by atoms with van der Waals surface area (Å²) in [6.45, 7) is 8.77. The van der Waals surface area contributed by atoms with E-state index >= 15 is 0 Å². The Labute approximate surface area is 106 Å². The van der Waals surface area contributed by atoms with Crippen LogP contribution >= 0.6 is 0 Å². The van der Waals surface area contributed by atoms with Gasteiger partial charge in [-0.1, -0.05) is 31.4 Å². The van der Waals surface area contributed by atoms with Crippen LogP contribution < -0.4 is 0 Å². The minimum atomic E-state index is -3.02. The Morgan fingerprint density at radius 3 is 2.67 bits per heavy atom. The average Bonchev–Trinajstić information content (AvgIpc) is 2.38. The molecule has 18 heavy (non-hydrogen) atoms. The molecule has 1 aromatic rings. The average molecular weight is 246 g/mol. The molecule has 0 radical (unpaired) electrons. The van der Waals surface area contributed by atoms with Crippen LogP contribution in [0.25, 0.3) is 12.2 Å². The lowest BCUT2D eigenvalue weighted by atomic mass is 9.85. The first-order valence-electron chi connectivity index (χ1n) is 5.98. The fourth-order valence-corrected chi connectivity index (χ4v) is 2.47. The summed E-state index contributed by atoms with van der Waals surface area (Å²) in [4.78, 5) is 0. The van der Waals surface area contributed by atoms with Crippen LogP contribution in [-0.2, 0) is 12.3 Å². The number of hydrogen-bond donors (Lipinski definition) is 0. The van der Waals surface area contributed by atoms with Crippen molar-refractivity contribution in [2.75, 3.05) is 0 Å². The molecule has 2 rings (SSSR count). The smallest absolute Gasteiger partial charge is 0.197 e. The van der Waals surface area contributed by atoms with Crippen molar-refractivity contribution in [3.63, 3.8) is 0 Å². The van der Waals surface area contributed by atoms with Crippen LogP contribution in [0.1, 0.15) is 34.2 Å². The molecule has 0 spiro atoms. The Hall–Kier alpha value is -1.70. The van der Waals surface area contributed by atoms with Gasteiger partial charge < -0.3 is 0 Å². The highest BCUT2D eigenvalue weighted by Gasteiger charge is 2.31. The zero-order chi connectivity index (χ0) is 13.3. The lowest BCUT2D eigenvalue weighted by Crippen LogP contribution is -2.14. The number of hydrogen-bond acceptors (Lipinski definition) is 0. The molecule has 94 valence electrons. The number of allylic oxidation sites excluding steroid dienone is 2. The summed E-state index contributed by atoms with van der Waals surface area (Å²) in [6, 6.07) is 1.57. The van der Waals surface area contributed by atoms with Crippen molar-refractivity contribution in [1.82, 2.24) is 0 Å². The third-order valence-corrected chi connectivity index (χ3v) is 3.47. The standard InChI is InChI=1S/C16H16F2/c1-4-13-11(3)14-9-7-6-8-12(14)10-15(13)16(17,18)5-2/h4-6,8,10H,1-2,7,9H2,3H3. The molecule has 1 aliphatic rings. The summed E-state index contributed by atoms with van der Waals surface area (Å²) in [5.74, 6) is -3.02. The van der Waals surface area contributed by atoms with Crippen molar-refractivity contribution in [3.05, 3.63) is 59.2 Å². The maximum absolute atomic E-state index is 13.9. The molecule has 0 atom stereocenters. The first-order chi connectivity index (χ1) is 8.51. The van der Waals surface area contributed by atoms with Crippen molar-refractivity contribution in [2.24, 2.45) is 0 Å². The second-order valence-corrected chi connectivity index (χ2v) is 4.50. The molecule has 1 aliphatic carbocycles. The minimum absolute atomic E-state index is 0.00435. The third kappa shape index (κ3) is 1.92. The fraction of sp³-hybridized carbons (Fsp3) is 0.250. The lowest BCUT2D eigenvalue weighted by Gasteiger charge is -2.22. The van der Waals surface area contributed by atoms with Crippen LogP contribution in [-0.4, -0.2) is 0 Å². The molecule has 0 nitrogen and oxygen atoms in total. The van der Waals surface area contributed by atoms with Crippen LogP contribution in [0.5, 0.6) is 0 Å². The molecule has 0 N–H and O–H groups in total. The van der Waals surface area contributed by atoms with Crippen molar-refractivity contribution in [2.45, 2.75) is 25.7 Å². The van der Waals surface area contributed by atoms with E-state index in [-0.39, 0.29) is 5.56 Å². The summed E-state index contributed by atoms with van der Waals surface area (Å²) in [7, 11) is 0. The van der Waals surface area contributed by atoms with Gasteiger partial charge in [-0.3, -0.25) is 0 Å². The number of alkyl halides is 2. The van der Waals surface area contributed by atoms with Crippen molar-refractivity contribution in [1.29, 1.82) is 0 Å². The molecule has 2 heteroatoms. The molecule has 0 amide bonds. The summed E-state index contributed by atoms with van der Waals surface area (Å²) in [6.07, 6.45) is 8.00. The first-order valence-corrected chi connectivity index (χ1v) is 5.98. The third-order valence-electron chi connectivity index (χ3n) is 3.47. The Balaban J connectivity index is 2.75. The number of benzene rings is 1. The quantitative estimate of drug-likeness (QED) is 0.667. The van der Waals surface area contributed by atoms with E-state index in [1.54, 1.807) is 6.07 Å². The Morgan fingerprint density at radius 1 is 1.33 bits per heavy atom. The van der Waals surface area contributed by atoms with Gasteiger partial charge in [0.25, 0.3) is 5.92 Å². The first kappa shape index (κ1) is 12.7. The molecule has 0 aromatic heterocycles. The molecule has 0 saturated carbocycles. The predicted molar refractivity (Wildman–Crippen MR) is 72.7 cm³/mol. The van der Waals surface area contributed by atoms with E-state index in [0.29, 0.717) is 11.6 Å². The van der Waals surface area contributed by atoms with E-state index < -0.39 is 5.92 Å². The van der Waals surface area contributed by atoms with Crippen molar-refractivity contribution >= 4 is 12.2 Å². The van der Waals surface area contributed by atoms with E-state index in [1.807, 2.05) is 19.1 Å². The van der Waals surface area contributed by atoms with Crippen LogP contribution in [0, 0.1) is 6.92 Å². The molecule has 1 aromatic carbocycles. The summed E-state index contributed by atoms with van der Waals surface area (Å²) in [5, 5.41) is 0. The van der Waals surface area contributed by atoms with Crippen LogP contribution in [0.4, 0.5) is 8.78 Å². The van der Waals surface area contributed by atoms with Gasteiger partial charge in [0, 0.05) is 5.56 Å². The van der Waals surface area contributed by atoms with Gasteiger partial charge in [-0.2, -0.15) is 8.78 Å². The second kappa shape index (κ2) is 4.52. The van der Waals surface area contributed by atoms with Gasteiger partial charge in [0.1, 0.15) is 0 Å². The Bertz CT molecular complexity index is 537. The number of halogens is 2. The monoisotopic (exact) mass is 246 g/mol. The molecule has 0 saturated heterocycles. The molecule has 0 fully saturated rings. The highest BCUT2D eigenvalue weighted by atomic mass is 19.3. The number of fused-ring (bicyclic) bond motifs is 1. The molecule has 0 aliphatic heterocycles. The van der Waals surface area contributed by atoms with Gasteiger partial charge >= 0.3 is 0 Å². The van der Waals surface area contributed by atoms with Crippen LogP contribution in [0.15, 0.2) is 31.4 Å². The molecule has 0 heterocycles. The maximum atomic E-state index is 13.9. The van der Waals surface area contributed by atoms with Crippen molar-refractivity contribution in [3.8, 4) is 0 Å². The number of rotatable bonds is 3. The Morgan fingerprint density at radius 2 is 2.06 bits per heavy atom. The molecule has 0 bridgehead atoms. The fourth-order valence-electron chi connectivity index (χ4n) is 2.47. The molecular formula is C16H16F2. The van der Waals surface area contributed by atoms with Crippen molar-refractivity contribution < 1.29 is 8.78 Å². The van der Waals surface area contributed by atoms with E-state index in [0.717, 1.165) is 29.5 Å². The van der Waals surface area contributed by atoms with Gasteiger partial charge in [-0.05, 0) is 54.2 Å². The van der Waals surface area contributed by atoms with Gasteiger partial charge in [-0.15, -0.1) is 0 Å². The summed E-state index contributed by atoms with van der Waals surface area (Å²) < 4.78 is 27.8. The second-order valence-electron chi connectivity index (χ2n) is 4.50. The largest absolute Gasteiger partial charge is 0.292 e. The maximum Gasteiger partial charge on any atom is 0.292 e. The highest BCUT2D eigenvalue weighted by Crippen LogP contribution is 2.37. The van der Waals surface area contributed by atoms with Crippen LogP contribution in [0.3, 0.4) is 0 Å². The topological polar surface area (TPSA) is 0 Å². The van der Waals surface area contributed by atoms with Gasteiger partial charge in [0.15, 0.2) is 0 Å². The van der Waals surface area contributed by atoms with E-state index in [9.17, 15) is 8.78 Å². The van der Waals surface area contributed by atoms with Gasteiger partial charge in [0.05, 0.1) is 0 Å². The normalized spacial score (nSPS) is 14.2. The van der Waals surface area contributed by atoms with E-state index in [2.05, 4.69) is 13.2 Å². The molecular weight excluding hydrogens is 230 g/mol. The lowest BCUT2D eigenvalue weighted by molar-refractivity contribution is 0.0522. The Kier molecular flexibility index (Phi) is 3.20. The summed E-state index contributed by atoms with van der Waals surface area (Å²) in [5.41, 5.74) is 3.48.